The summed E-state index contributed by atoms with van der Waals surface area (Å²) in [4.78, 5) is 4.73. The molecular formula is C27H20B9N2P2-2. The van der Waals surface area contributed by atoms with E-state index in [-0.39, 0.29) is 12.1 Å². The Labute approximate surface area is 238 Å². The molecule has 1 N–H and O–H groups in total. The molecule has 40 heavy (non-hydrogen) atoms. The number of benzene rings is 4. The fourth-order valence-corrected chi connectivity index (χ4v) is 30.7. The van der Waals surface area contributed by atoms with Crippen molar-refractivity contribution in [2.24, 2.45) is 0 Å². The van der Waals surface area contributed by atoms with Gasteiger partial charge in [0.25, 0.3) is 0 Å². The van der Waals surface area contributed by atoms with E-state index in [0.717, 1.165) is 31.1 Å². The molecule has 5 radical (unpaired) electrons. The van der Waals surface area contributed by atoms with Crippen LogP contribution in [0.15, 0.2) is 78.9 Å². The van der Waals surface area contributed by atoms with Crippen LogP contribution in [0.5, 0.6) is 0 Å². The maximum atomic E-state index is 4.73. The van der Waals surface area contributed by atoms with Crippen LogP contribution >= 0.6 is 12.7 Å². The quantitative estimate of drug-likeness (QED) is 0.271. The first-order chi connectivity index (χ1) is 19.5. The van der Waals surface area contributed by atoms with Crippen LogP contribution in [0, 0.1) is 0 Å². The molecule has 2 bridgehead atoms. The fraction of sp³-hybridized carbons (Fsp3) is 0.111. The molecular weight excluding hydrogens is 512 g/mol. The van der Waals surface area contributed by atoms with Crippen molar-refractivity contribution in [1.29, 1.82) is 0 Å². The van der Waals surface area contributed by atoms with Gasteiger partial charge in [-0.15, -0.1) is 0 Å². The van der Waals surface area contributed by atoms with Crippen LogP contribution in [0.25, 0.3) is 27.5 Å². The van der Waals surface area contributed by atoms with Crippen molar-refractivity contribution in [3.05, 3.63) is 90.0 Å². The summed E-state index contributed by atoms with van der Waals surface area (Å²) in [5.41, 5.74) is 11.8. The second kappa shape index (κ2) is 5.34. The van der Waals surface area contributed by atoms with Crippen molar-refractivity contribution >= 4 is 115 Å². The molecule has 0 saturated carbocycles. The van der Waals surface area contributed by atoms with Crippen molar-refractivity contribution < 1.29 is 0 Å². The Morgan fingerprint density at radius 1 is 0.850 bits per heavy atom. The molecule has 14 rings (SSSR count). The van der Waals surface area contributed by atoms with Gasteiger partial charge in [0.15, 0.2) is 0 Å². The van der Waals surface area contributed by atoms with Crippen molar-refractivity contribution in [2.45, 2.75) is 19.3 Å². The molecule has 0 unspecified atom stereocenters. The normalized spacial score (nSPS) is 27.9. The van der Waals surface area contributed by atoms with E-state index in [0.29, 0.717) is 0 Å². The van der Waals surface area contributed by atoms with Crippen molar-refractivity contribution in [3.8, 4) is 5.69 Å². The zero-order valence-electron chi connectivity index (χ0n) is 22.5. The summed E-state index contributed by atoms with van der Waals surface area (Å²) >= 11 is 0. The molecule has 7 fully saturated rings. The number of aromatic nitrogens is 1. The number of nitrogens with zero attached hydrogens (tertiary/aromatic N) is 1. The molecule has 9 aliphatic heterocycles. The summed E-state index contributed by atoms with van der Waals surface area (Å²) in [5.74, 6) is 0. The van der Waals surface area contributed by atoms with Gasteiger partial charge in [-0.3, -0.25) is 0 Å². The van der Waals surface area contributed by atoms with Crippen LogP contribution in [-0.2, 0) is 5.41 Å². The van der Waals surface area contributed by atoms with Crippen LogP contribution in [0.2, 0.25) is 0 Å². The van der Waals surface area contributed by atoms with E-state index in [4.69, 9.17) is 4.86 Å². The molecule has 0 amide bonds. The number of fused-ring (bicyclic) bond motifs is 8. The molecule has 4 aromatic carbocycles. The van der Waals surface area contributed by atoms with Gasteiger partial charge in [0, 0.05) is 0 Å². The number of para-hydroxylation sites is 1. The van der Waals surface area contributed by atoms with Crippen molar-refractivity contribution in [3.63, 3.8) is 0 Å². The predicted octanol–water partition coefficient (Wildman–Crippen LogP) is 1.61. The van der Waals surface area contributed by atoms with Crippen molar-refractivity contribution in [2.75, 3.05) is 0 Å². The van der Waals surface area contributed by atoms with E-state index in [2.05, 4.69) is 118 Å². The number of nitrogens with one attached hydrogen (secondary N) is 1. The van der Waals surface area contributed by atoms with Gasteiger partial charge in [-0.2, -0.15) is 0 Å². The van der Waals surface area contributed by atoms with Crippen LogP contribution in [0.4, 0.5) is 0 Å². The summed E-state index contributed by atoms with van der Waals surface area (Å²) in [7, 11) is 2.72. The van der Waals surface area contributed by atoms with Crippen molar-refractivity contribution in [1.82, 2.24) is 9.42 Å². The second-order valence-electron chi connectivity index (χ2n) is 14.9. The minimum absolute atomic E-state index is 0.0222. The standard InChI is InChI=1S/C27H20B9N2P2/c1-27(2)17-9-4-5-11-19(17)31-20-14-15-23(39(32-28-33(39)36(32)39)37-40-29-34(40)35(40)30-40)24-16-8-3-6-12-21(16)38(26(20)24)22-13-7-10-18(27)25(22)31/h3-15,37H,1-2H3/q-2. The molecule has 5 aromatic rings. The third-order valence-corrected chi connectivity index (χ3v) is 28.0. The van der Waals surface area contributed by atoms with Gasteiger partial charge in [-0.1, -0.05) is 0 Å². The first-order valence-corrected chi connectivity index (χ1v) is 20.1. The first kappa shape index (κ1) is 20.9. The number of rotatable bonds is 3. The SMILES string of the molecule is CC1(C)c2ccccc2B2c3c(cccc31)-n1c3ccccc3c3c(P45(NP678[B]B6B7[B-]8)B6[B-]B4B65)ccc2c31. The van der Waals surface area contributed by atoms with E-state index in [1.54, 1.807) is 10.7 Å². The zero-order chi connectivity index (χ0) is 25.8. The van der Waals surface area contributed by atoms with Gasteiger partial charge in [0.05, 0.1) is 0 Å². The van der Waals surface area contributed by atoms with Gasteiger partial charge in [-0.05, 0) is 0 Å². The van der Waals surface area contributed by atoms with E-state index in [9.17, 15) is 0 Å². The Balaban J connectivity index is 1.19. The summed E-state index contributed by atoms with van der Waals surface area (Å²) in [5, 5.41) is 4.82. The second-order valence-corrected chi connectivity index (χ2v) is 25.3. The third-order valence-electron chi connectivity index (χ3n) is 13.6. The van der Waals surface area contributed by atoms with Gasteiger partial charge in [-0.25, -0.2) is 0 Å². The average Bonchev–Trinajstić information content (AvgIpc) is 3.91. The predicted molar refractivity (Wildman–Crippen MR) is 187 cm³/mol. The van der Waals surface area contributed by atoms with Crippen LogP contribution in [-0.4, -0.2) is 63.2 Å². The Morgan fingerprint density at radius 3 is 2.38 bits per heavy atom. The van der Waals surface area contributed by atoms with E-state index in [1.165, 1.54) is 49.6 Å². The fourth-order valence-electron chi connectivity index (χ4n) is 11.3. The summed E-state index contributed by atoms with van der Waals surface area (Å²) in [6, 6.07) is 31.0. The molecule has 1 aromatic heterocycles. The number of hydrogen-bond acceptors (Lipinski definition) is 1. The molecule has 7 saturated heterocycles. The van der Waals surface area contributed by atoms with Gasteiger partial charge in [0.1, 0.15) is 0 Å². The van der Waals surface area contributed by atoms with Gasteiger partial charge < -0.3 is 0 Å². The Kier molecular flexibility index (Phi) is 2.79. The molecule has 1 spiro atoms. The van der Waals surface area contributed by atoms with Crippen LogP contribution in [0.3, 0.4) is 0 Å². The molecule has 9 aliphatic rings. The summed E-state index contributed by atoms with van der Waals surface area (Å²) < 4.78 is 2.68. The topological polar surface area (TPSA) is 17.0 Å². The Morgan fingerprint density at radius 2 is 1.62 bits per heavy atom. The third kappa shape index (κ3) is 1.63. The van der Waals surface area contributed by atoms with E-state index < -0.39 is 12.7 Å². The summed E-state index contributed by atoms with van der Waals surface area (Å²) in [6.07, 6.45) is 0.968. The average molecular weight is 532 g/mol. The molecule has 10 heterocycles. The maximum absolute atomic E-state index is 4.73. The molecule has 13 heteroatoms. The monoisotopic (exact) mass is 533 g/mol. The van der Waals surface area contributed by atoms with E-state index >= 15 is 0 Å². The molecule has 177 valence electrons. The summed E-state index contributed by atoms with van der Waals surface area (Å²) in [6.45, 7) is 10.7. The molecule has 0 aliphatic carbocycles. The molecule has 0 atom stereocenters. The Hall–Kier alpha value is -1.92. The number of hydrogen-bond donors (Lipinski definition) is 1. The van der Waals surface area contributed by atoms with Crippen LogP contribution < -0.4 is 26.6 Å². The Bertz CT molecular complexity index is 2190. The van der Waals surface area contributed by atoms with Gasteiger partial charge in [0.2, 0.25) is 0 Å². The zero-order valence-corrected chi connectivity index (χ0v) is 24.3. The van der Waals surface area contributed by atoms with Crippen LogP contribution in [0.1, 0.15) is 25.0 Å². The minimum atomic E-state index is -2.06. The first-order valence-electron chi connectivity index (χ1n) is 15.2. The van der Waals surface area contributed by atoms with Gasteiger partial charge >= 0.3 is 239 Å². The molecule has 2 nitrogen and oxygen atoms in total. The van der Waals surface area contributed by atoms with E-state index in [1.807, 2.05) is 0 Å².